The van der Waals surface area contributed by atoms with Gasteiger partial charge in [-0.1, -0.05) is 12.1 Å². The molecule has 32 heavy (non-hydrogen) atoms. The van der Waals surface area contributed by atoms with E-state index in [1.165, 1.54) is 0 Å². The number of piperidine rings is 2. The van der Waals surface area contributed by atoms with Crippen LogP contribution in [0.25, 0.3) is 0 Å². The fraction of sp³-hybridized carbons (Fsp3) is 0.500. The molecular formula is C24H32N6O2. The quantitative estimate of drug-likeness (QED) is 0.721. The first-order valence-corrected chi connectivity index (χ1v) is 11.4. The van der Waals surface area contributed by atoms with Gasteiger partial charge in [-0.2, -0.15) is 0 Å². The Balaban J connectivity index is 1.34. The first-order chi connectivity index (χ1) is 15.5. The lowest BCUT2D eigenvalue weighted by Gasteiger charge is -2.35. The number of hydrogen-bond donors (Lipinski definition) is 2. The molecule has 4 rings (SSSR count). The highest BCUT2D eigenvalue weighted by atomic mass is 16.2. The molecule has 8 heteroatoms. The van der Waals surface area contributed by atoms with Crippen molar-refractivity contribution in [3.05, 3.63) is 47.8 Å². The van der Waals surface area contributed by atoms with Crippen molar-refractivity contribution >= 4 is 23.5 Å². The fourth-order valence-electron chi connectivity index (χ4n) is 4.63. The number of nitrogens with one attached hydrogen (secondary N) is 1. The minimum absolute atomic E-state index is 0.0970. The van der Waals surface area contributed by atoms with E-state index in [0.29, 0.717) is 38.4 Å². The SMILES string of the molecule is Cc1cccnc1Nc1cccc([C@@H]2CCCN(CC(=O)N3CCC(C(N)=O)CC3)C2)n1. The third-order valence-corrected chi connectivity index (χ3v) is 6.56. The van der Waals surface area contributed by atoms with Gasteiger partial charge in [0.05, 0.1) is 6.54 Å². The molecule has 0 unspecified atom stereocenters. The maximum Gasteiger partial charge on any atom is 0.236 e. The van der Waals surface area contributed by atoms with Gasteiger partial charge < -0.3 is 16.0 Å². The molecule has 0 aliphatic carbocycles. The van der Waals surface area contributed by atoms with Crippen LogP contribution >= 0.6 is 0 Å². The molecule has 2 aliphatic heterocycles. The van der Waals surface area contributed by atoms with E-state index in [9.17, 15) is 9.59 Å². The normalized spacial score (nSPS) is 20.2. The zero-order valence-electron chi connectivity index (χ0n) is 18.7. The number of anilines is 2. The summed E-state index contributed by atoms with van der Waals surface area (Å²) in [5.74, 6) is 1.69. The lowest BCUT2D eigenvalue weighted by molar-refractivity contribution is -0.136. The van der Waals surface area contributed by atoms with Crippen molar-refractivity contribution in [3.63, 3.8) is 0 Å². The second-order valence-corrected chi connectivity index (χ2v) is 8.87. The van der Waals surface area contributed by atoms with Gasteiger partial charge in [0.2, 0.25) is 11.8 Å². The Kier molecular flexibility index (Phi) is 6.99. The summed E-state index contributed by atoms with van der Waals surface area (Å²) < 4.78 is 0. The number of aryl methyl sites for hydroxylation is 1. The Bertz CT molecular complexity index is 957. The van der Waals surface area contributed by atoms with Crippen molar-refractivity contribution in [3.8, 4) is 0 Å². The van der Waals surface area contributed by atoms with E-state index in [-0.39, 0.29) is 17.7 Å². The van der Waals surface area contributed by atoms with Crippen LogP contribution in [0.4, 0.5) is 11.6 Å². The number of nitrogens with zero attached hydrogens (tertiary/aromatic N) is 4. The van der Waals surface area contributed by atoms with Gasteiger partial charge in [-0.3, -0.25) is 14.5 Å². The van der Waals surface area contributed by atoms with Gasteiger partial charge in [-0.25, -0.2) is 9.97 Å². The summed E-state index contributed by atoms with van der Waals surface area (Å²) in [6.07, 6.45) is 5.21. The summed E-state index contributed by atoms with van der Waals surface area (Å²) in [7, 11) is 0. The molecule has 0 saturated carbocycles. The molecule has 0 bridgehead atoms. The topological polar surface area (TPSA) is 104 Å². The fourth-order valence-corrected chi connectivity index (χ4v) is 4.63. The molecule has 8 nitrogen and oxygen atoms in total. The predicted molar refractivity (Wildman–Crippen MR) is 123 cm³/mol. The number of amides is 2. The number of carbonyl (C=O) groups is 2. The molecular weight excluding hydrogens is 404 g/mol. The number of hydrogen-bond acceptors (Lipinski definition) is 6. The third-order valence-electron chi connectivity index (χ3n) is 6.56. The number of aromatic nitrogens is 2. The van der Waals surface area contributed by atoms with Crippen molar-refractivity contribution in [1.29, 1.82) is 0 Å². The zero-order valence-corrected chi connectivity index (χ0v) is 18.7. The second-order valence-electron chi connectivity index (χ2n) is 8.87. The monoisotopic (exact) mass is 436 g/mol. The second kappa shape index (κ2) is 10.1. The van der Waals surface area contributed by atoms with E-state index in [1.54, 1.807) is 6.20 Å². The lowest BCUT2D eigenvalue weighted by Crippen LogP contribution is -2.47. The Morgan fingerprint density at radius 2 is 1.94 bits per heavy atom. The van der Waals surface area contributed by atoms with Gasteiger partial charge >= 0.3 is 0 Å². The first kappa shape index (κ1) is 22.2. The highest BCUT2D eigenvalue weighted by Gasteiger charge is 2.29. The van der Waals surface area contributed by atoms with E-state index >= 15 is 0 Å². The number of primary amides is 1. The zero-order chi connectivity index (χ0) is 22.5. The maximum atomic E-state index is 12.8. The highest BCUT2D eigenvalue weighted by molar-refractivity contribution is 5.80. The molecule has 4 heterocycles. The summed E-state index contributed by atoms with van der Waals surface area (Å²) >= 11 is 0. The summed E-state index contributed by atoms with van der Waals surface area (Å²) in [5.41, 5.74) is 7.52. The molecule has 170 valence electrons. The summed E-state index contributed by atoms with van der Waals surface area (Å²) in [6.45, 7) is 5.42. The van der Waals surface area contributed by atoms with E-state index in [2.05, 4.69) is 21.3 Å². The molecule has 2 aromatic rings. The van der Waals surface area contributed by atoms with Crippen LogP contribution in [-0.4, -0.2) is 64.3 Å². The molecule has 2 aliphatic rings. The third kappa shape index (κ3) is 5.43. The first-order valence-electron chi connectivity index (χ1n) is 11.4. The molecule has 0 aromatic carbocycles. The summed E-state index contributed by atoms with van der Waals surface area (Å²) in [6, 6.07) is 9.99. The predicted octanol–water partition coefficient (Wildman–Crippen LogP) is 2.43. The molecule has 0 radical (unpaired) electrons. The average Bonchev–Trinajstić information content (AvgIpc) is 2.81. The van der Waals surface area contributed by atoms with Crippen LogP contribution in [0.15, 0.2) is 36.5 Å². The van der Waals surface area contributed by atoms with Gasteiger partial charge in [-0.05, 0) is 62.9 Å². The number of carbonyl (C=O) groups excluding carboxylic acids is 2. The van der Waals surface area contributed by atoms with Gasteiger partial charge in [0.15, 0.2) is 0 Å². The Morgan fingerprint density at radius 1 is 1.12 bits per heavy atom. The van der Waals surface area contributed by atoms with Crippen LogP contribution < -0.4 is 11.1 Å². The molecule has 1 atom stereocenters. The van der Waals surface area contributed by atoms with Gasteiger partial charge in [0.1, 0.15) is 11.6 Å². The highest BCUT2D eigenvalue weighted by Crippen LogP contribution is 2.27. The van der Waals surface area contributed by atoms with Crippen LogP contribution in [0.3, 0.4) is 0 Å². The van der Waals surface area contributed by atoms with Crippen molar-refractivity contribution < 1.29 is 9.59 Å². The number of nitrogens with two attached hydrogens (primary N) is 1. The average molecular weight is 437 g/mol. The van der Waals surface area contributed by atoms with Crippen molar-refractivity contribution in [1.82, 2.24) is 19.8 Å². The van der Waals surface area contributed by atoms with Gasteiger partial charge in [0, 0.05) is 43.4 Å². The van der Waals surface area contributed by atoms with E-state index in [4.69, 9.17) is 10.7 Å². The maximum absolute atomic E-state index is 12.8. The minimum Gasteiger partial charge on any atom is -0.369 e. The van der Waals surface area contributed by atoms with Crippen LogP contribution in [0.5, 0.6) is 0 Å². The van der Waals surface area contributed by atoms with Crippen LogP contribution in [0.2, 0.25) is 0 Å². The van der Waals surface area contributed by atoms with Gasteiger partial charge in [0.25, 0.3) is 0 Å². The molecule has 0 spiro atoms. The molecule has 2 fully saturated rings. The van der Waals surface area contributed by atoms with Crippen molar-refractivity contribution in [2.24, 2.45) is 11.7 Å². The van der Waals surface area contributed by atoms with Crippen molar-refractivity contribution in [2.45, 2.75) is 38.5 Å². The molecule has 2 saturated heterocycles. The molecule has 3 N–H and O–H groups in total. The smallest absolute Gasteiger partial charge is 0.236 e. The van der Waals surface area contributed by atoms with Crippen LogP contribution in [0.1, 0.15) is 42.9 Å². The van der Waals surface area contributed by atoms with E-state index in [1.807, 2.05) is 36.1 Å². The summed E-state index contributed by atoms with van der Waals surface area (Å²) in [5, 5.41) is 3.32. The summed E-state index contributed by atoms with van der Waals surface area (Å²) in [4.78, 5) is 37.5. The Hall–Kier alpha value is -3.00. The minimum atomic E-state index is -0.251. The number of rotatable bonds is 6. The molecule has 2 aromatic heterocycles. The number of pyridine rings is 2. The Morgan fingerprint density at radius 3 is 2.69 bits per heavy atom. The largest absolute Gasteiger partial charge is 0.369 e. The lowest BCUT2D eigenvalue weighted by atomic mass is 9.94. The number of likely N-dealkylation sites (tertiary alicyclic amines) is 2. The van der Waals surface area contributed by atoms with Gasteiger partial charge in [-0.15, -0.1) is 0 Å². The van der Waals surface area contributed by atoms with E-state index in [0.717, 1.165) is 48.8 Å². The van der Waals surface area contributed by atoms with Crippen LogP contribution in [0, 0.1) is 12.8 Å². The van der Waals surface area contributed by atoms with Crippen molar-refractivity contribution in [2.75, 3.05) is 38.0 Å². The molecule has 2 amide bonds. The van der Waals surface area contributed by atoms with Crippen LogP contribution in [-0.2, 0) is 9.59 Å². The standard InChI is InChI=1S/C24H32N6O2/c1-17-5-3-11-26-24(17)28-21-8-2-7-20(27-21)19-6-4-12-29(15-19)16-22(31)30-13-9-18(10-14-30)23(25)32/h2-3,5,7-8,11,18-19H,4,6,9-10,12-16H2,1H3,(H2,25,32)(H,26,27,28)/t19-/m1/s1. The Labute approximate surface area is 189 Å². The van der Waals surface area contributed by atoms with E-state index < -0.39 is 0 Å².